The van der Waals surface area contributed by atoms with Gasteiger partial charge in [0.2, 0.25) is 10.0 Å². The molecule has 0 atom stereocenters. The molecule has 0 amide bonds. The van der Waals surface area contributed by atoms with Crippen LogP contribution in [-0.2, 0) is 10.0 Å². The number of halogens is 2. The van der Waals surface area contributed by atoms with E-state index >= 15 is 0 Å². The lowest BCUT2D eigenvalue weighted by molar-refractivity contribution is 0.150. The van der Waals surface area contributed by atoms with Crippen molar-refractivity contribution in [1.82, 2.24) is 29.6 Å². The third-order valence-electron chi connectivity index (χ3n) is 7.16. The van der Waals surface area contributed by atoms with Crippen molar-refractivity contribution in [2.75, 3.05) is 31.1 Å². The van der Waals surface area contributed by atoms with Gasteiger partial charge in [-0.3, -0.25) is 4.40 Å². The Morgan fingerprint density at radius 1 is 1.18 bits per heavy atom. The van der Waals surface area contributed by atoms with Gasteiger partial charge in [-0.25, -0.2) is 26.9 Å². The molecule has 1 aliphatic carbocycles. The number of piperidine rings is 1. The number of rotatable bonds is 6. The predicted octanol–water partition coefficient (Wildman–Crippen LogP) is 2.81. The van der Waals surface area contributed by atoms with E-state index in [0.29, 0.717) is 11.3 Å². The van der Waals surface area contributed by atoms with E-state index in [-0.39, 0.29) is 15.3 Å². The van der Waals surface area contributed by atoms with E-state index in [0.717, 1.165) is 68.9 Å². The van der Waals surface area contributed by atoms with E-state index in [4.69, 9.17) is 0 Å². The zero-order valence-corrected chi connectivity index (χ0v) is 20.2. The van der Waals surface area contributed by atoms with E-state index in [1.54, 1.807) is 16.7 Å². The van der Waals surface area contributed by atoms with Gasteiger partial charge in [0.1, 0.15) is 4.90 Å². The van der Waals surface area contributed by atoms with Crippen molar-refractivity contribution >= 4 is 32.6 Å². The Hall–Kier alpha value is -2.22. The molecule has 182 valence electrons. The Kier molecular flexibility index (Phi) is 5.00. The van der Waals surface area contributed by atoms with Crippen LogP contribution in [0, 0.1) is 5.41 Å². The molecule has 5 heterocycles. The lowest BCUT2D eigenvalue weighted by atomic mass is 9.72. The number of hydrogen-bond donors (Lipinski definition) is 2. The standard InChI is InChI=1S/C21H25F2N7O2S2/c1-20(2-3-20)28-34(31,32)13-8-14(29-11-21(12-29)4-6-24-7-5-21)15-9-25-17(30(15)10-13)19-27-26-18(33-19)16(22)23/h8-10,16,24,28H,2-7,11-12H2,1H3. The molecule has 0 aromatic carbocycles. The van der Waals surface area contributed by atoms with Crippen LogP contribution < -0.4 is 14.9 Å². The number of nitrogens with zero attached hydrogens (tertiary/aromatic N) is 5. The first-order valence-electron chi connectivity index (χ1n) is 11.3. The minimum atomic E-state index is -3.79. The summed E-state index contributed by atoms with van der Waals surface area (Å²) in [6.07, 6.45) is 4.18. The van der Waals surface area contributed by atoms with E-state index in [9.17, 15) is 17.2 Å². The molecule has 1 saturated carbocycles. The molecule has 2 aliphatic heterocycles. The van der Waals surface area contributed by atoms with Crippen LogP contribution in [0.5, 0.6) is 0 Å². The summed E-state index contributed by atoms with van der Waals surface area (Å²) < 4.78 is 57.2. The number of alkyl halides is 2. The molecule has 3 fully saturated rings. The second kappa shape index (κ2) is 7.64. The summed E-state index contributed by atoms with van der Waals surface area (Å²) in [7, 11) is -3.79. The molecule has 2 N–H and O–H groups in total. The van der Waals surface area contributed by atoms with Gasteiger partial charge in [-0.05, 0) is 51.8 Å². The minimum Gasteiger partial charge on any atom is -0.369 e. The summed E-state index contributed by atoms with van der Waals surface area (Å²) in [5.41, 5.74) is 1.30. The van der Waals surface area contributed by atoms with Crippen molar-refractivity contribution in [2.24, 2.45) is 5.41 Å². The molecule has 3 aromatic heterocycles. The minimum absolute atomic E-state index is 0.118. The Bertz CT molecular complexity index is 1350. The van der Waals surface area contributed by atoms with Gasteiger partial charge in [0.05, 0.1) is 17.4 Å². The topological polar surface area (TPSA) is 105 Å². The van der Waals surface area contributed by atoms with Crippen LogP contribution in [-0.4, -0.2) is 59.7 Å². The lowest BCUT2D eigenvalue weighted by Gasteiger charge is -2.53. The highest BCUT2D eigenvalue weighted by atomic mass is 32.2. The first-order chi connectivity index (χ1) is 16.2. The number of sulfonamides is 1. The van der Waals surface area contributed by atoms with Crippen molar-refractivity contribution < 1.29 is 17.2 Å². The fourth-order valence-electron chi connectivity index (χ4n) is 4.91. The molecular formula is C21H25F2N7O2S2. The molecule has 0 radical (unpaired) electrons. The molecule has 2 saturated heterocycles. The molecule has 0 unspecified atom stereocenters. The molecule has 3 aliphatic rings. The van der Waals surface area contributed by atoms with Gasteiger partial charge in [0, 0.05) is 30.2 Å². The Labute approximate surface area is 199 Å². The van der Waals surface area contributed by atoms with Gasteiger partial charge >= 0.3 is 0 Å². The van der Waals surface area contributed by atoms with Gasteiger partial charge in [-0.15, -0.1) is 10.2 Å². The summed E-state index contributed by atoms with van der Waals surface area (Å²) in [5.74, 6) is 0.299. The van der Waals surface area contributed by atoms with Crippen LogP contribution in [0.15, 0.2) is 23.4 Å². The second-order valence-corrected chi connectivity index (χ2v) is 12.6. The maximum atomic E-state index is 13.3. The Balaban J connectivity index is 1.44. The van der Waals surface area contributed by atoms with Gasteiger partial charge < -0.3 is 10.2 Å². The molecule has 1 spiro atoms. The zero-order chi connectivity index (χ0) is 23.7. The van der Waals surface area contributed by atoms with E-state index in [1.807, 2.05) is 6.92 Å². The lowest BCUT2D eigenvalue weighted by Crippen LogP contribution is -2.60. The van der Waals surface area contributed by atoms with Crippen LogP contribution in [0.1, 0.15) is 44.0 Å². The number of pyridine rings is 1. The monoisotopic (exact) mass is 509 g/mol. The second-order valence-electron chi connectivity index (χ2n) is 9.92. The Morgan fingerprint density at radius 3 is 2.56 bits per heavy atom. The quantitative estimate of drug-likeness (QED) is 0.527. The maximum Gasteiger partial charge on any atom is 0.291 e. The number of anilines is 1. The van der Waals surface area contributed by atoms with Gasteiger partial charge in [-0.2, -0.15) is 0 Å². The van der Waals surface area contributed by atoms with Crippen LogP contribution in [0.25, 0.3) is 16.3 Å². The van der Waals surface area contributed by atoms with Crippen molar-refractivity contribution in [3.63, 3.8) is 0 Å². The molecule has 34 heavy (non-hydrogen) atoms. The maximum absolute atomic E-state index is 13.3. The van der Waals surface area contributed by atoms with Crippen molar-refractivity contribution in [2.45, 2.75) is 49.5 Å². The van der Waals surface area contributed by atoms with Crippen LogP contribution in [0.4, 0.5) is 14.5 Å². The summed E-state index contributed by atoms with van der Waals surface area (Å²) in [6.45, 7) is 5.54. The number of hydrogen-bond acceptors (Lipinski definition) is 8. The van der Waals surface area contributed by atoms with Crippen LogP contribution in [0.2, 0.25) is 0 Å². The summed E-state index contributed by atoms with van der Waals surface area (Å²) in [4.78, 5) is 6.73. The first-order valence-corrected chi connectivity index (χ1v) is 13.6. The third-order valence-corrected chi connectivity index (χ3v) is 9.69. The normalized spacial score (nSPS) is 21.4. The molecule has 6 rings (SSSR count). The van der Waals surface area contributed by atoms with Gasteiger partial charge in [-0.1, -0.05) is 11.3 Å². The fourth-order valence-corrected chi connectivity index (χ4v) is 7.08. The van der Waals surface area contributed by atoms with E-state index < -0.39 is 27.0 Å². The molecular weight excluding hydrogens is 484 g/mol. The highest BCUT2D eigenvalue weighted by Crippen LogP contribution is 2.44. The van der Waals surface area contributed by atoms with Crippen LogP contribution in [0.3, 0.4) is 0 Å². The van der Waals surface area contributed by atoms with E-state index in [1.165, 1.54) is 6.20 Å². The molecule has 0 bridgehead atoms. The van der Waals surface area contributed by atoms with Crippen molar-refractivity contribution in [3.05, 3.63) is 23.5 Å². The van der Waals surface area contributed by atoms with Gasteiger partial charge in [0.15, 0.2) is 15.8 Å². The first kappa shape index (κ1) is 22.3. The van der Waals surface area contributed by atoms with E-state index in [2.05, 4.69) is 30.1 Å². The van der Waals surface area contributed by atoms with Crippen molar-refractivity contribution in [1.29, 1.82) is 0 Å². The largest absolute Gasteiger partial charge is 0.369 e. The smallest absolute Gasteiger partial charge is 0.291 e. The van der Waals surface area contributed by atoms with Crippen LogP contribution >= 0.6 is 11.3 Å². The average Bonchev–Trinajstić information content (AvgIpc) is 3.18. The highest BCUT2D eigenvalue weighted by molar-refractivity contribution is 7.89. The summed E-state index contributed by atoms with van der Waals surface area (Å²) >= 11 is 0.757. The fraction of sp³-hybridized carbons (Fsp3) is 0.571. The zero-order valence-electron chi connectivity index (χ0n) is 18.6. The molecule has 13 heteroatoms. The number of imidazole rings is 1. The number of nitrogens with one attached hydrogen (secondary N) is 2. The van der Waals surface area contributed by atoms with Crippen molar-refractivity contribution in [3.8, 4) is 10.8 Å². The molecule has 3 aromatic rings. The van der Waals surface area contributed by atoms with Gasteiger partial charge in [0.25, 0.3) is 6.43 Å². The highest BCUT2D eigenvalue weighted by Gasteiger charge is 2.45. The number of fused-ring (bicyclic) bond motifs is 1. The summed E-state index contributed by atoms with van der Waals surface area (Å²) in [5, 5.41) is 10.7. The predicted molar refractivity (Wildman–Crippen MR) is 124 cm³/mol. The Morgan fingerprint density at radius 2 is 1.91 bits per heavy atom. The number of aromatic nitrogens is 4. The SMILES string of the molecule is CC1(NS(=O)(=O)c2cc(N3CC4(CCNCC4)C3)c3cnc(-c4nnc(C(F)F)s4)n3c2)CC1. The molecule has 9 nitrogen and oxygen atoms in total. The average molecular weight is 510 g/mol. The third kappa shape index (κ3) is 3.78. The summed E-state index contributed by atoms with van der Waals surface area (Å²) in [6, 6.07) is 1.70.